The van der Waals surface area contributed by atoms with Gasteiger partial charge in [0.1, 0.15) is 0 Å². The Hall–Kier alpha value is -1.32. The Balaban J connectivity index is 1.87. The van der Waals surface area contributed by atoms with Crippen molar-refractivity contribution >= 4 is 10.9 Å². The minimum atomic E-state index is 0.615. The molecule has 0 unspecified atom stereocenters. The first-order valence-electron chi connectivity index (χ1n) is 8.05. The van der Waals surface area contributed by atoms with Crippen LogP contribution in [0.1, 0.15) is 30.2 Å². The summed E-state index contributed by atoms with van der Waals surface area (Å²) in [7, 11) is 2.23. The zero-order valence-corrected chi connectivity index (χ0v) is 13.7. The molecule has 0 amide bonds. The van der Waals surface area contributed by atoms with Crippen molar-refractivity contribution in [1.29, 1.82) is 0 Å². The molecule has 3 nitrogen and oxygen atoms in total. The number of hydrogen-bond acceptors (Lipinski definition) is 2. The lowest BCUT2D eigenvalue weighted by molar-refractivity contribution is 0.192. The highest BCUT2D eigenvalue weighted by atomic mass is 15.2. The lowest BCUT2D eigenvalue weighted by Crippen LogP contribution is -2.37. The van der Waals surface area contributed by atoms with E-state index in [1.165, 1.54) is 47.2 Å². The van der Waals surface area contributed by atoms with Crippen molar-refractivity contribution in [2.24, 2.45) is 0 Å². The minimum Gasteiger partial charge on any atom is -0.357 e. The van der Waals surface area contributed by atoms with Crippen molar-refractivity contribution < 1.29 is 0 Å². The van der Waals surface area contributed by atoms with Gasteiger partial charge in [-0.05, 0) is 51.9 Å². The molecule has 0 radical (unpaired) electrons. The third-order valence-electron chi connectivity index (χ3n) is 4.95. The van der Waals surface area contributed by atoms with E-state index in [9.17, 15) is 0 Å². The SMILES string of the molecule is Cc1c(CN2CCCN(C)C[C@H]2C)[nH]c2c(C)cccc12. The number of nitrogens with zero attached hydrogens (tertiary/aromatic N) is 2. The molecule has 1 atom stereocenters. The van der Waals surface area contributed by atoms with Crippen LogP contribution >= 0.6 is 0 Å². The lowest BCUT2D eigenvalue weighted by atomic mass is 10.1. The summed E-state index contributed by atoms with van der Waals surface area (Å²) in [6.45, 7) is 11.4. The van der Waals surface area contributed by atoms with Crippen LogP contribution in [0.25, 0.3) is 10.9 Å². The number of aryl methyl sites for hydroxylation is 2. The van der Waals surface area contributed by atoms with Gasteiger partial charge in [-0.1, -0.05) is 18.2 Å². The molecule has 114 valence electrons. The summed E-state index contributed by atoms with van der Waals surface area (Å²) in [6, 6.07) is 7.19. The normalized spacial score (nSPS) is 21.8. The molecule has 0 aliphatic carbocycles. The Morgan fingerprint density at radius 3 is 2.81 bits per heavy atom. The van der Waals surface area contributed by atoms with Gasteiger partial charge in [-0.25, -0.2) is 0 Å². The highest BCUT2D eigenvalue weighted by Crippen LogP contribution is 2.26. The fourth-order valence-electron chi connectivity index (χ4n) is 3.57. The molecule has 1 aliphatic heterocycles. The molecule has 1 aliphatic rings. The van der Waals surface area contributed by atoms with Gasteiger partial charge in [0.25, 0.3) is 0 Å². The molecule has 1 aromatic heterocycles. The number of nitrogens with one attached hydrogen (secondary N) is 1. The first-order valence-corrected chi connectivity index (χ1v) is 8.05. The fraction of sp³-hybridized carbons (Fsp3) is 0.556. The van der Waals surface area contributed by atoms with Crippen LogP contribution in [-0.4, -0.2) is 47.5 Å². The summed E-state index contributed by atoms with van der Waals surface area (Å²) < 4.78 is 0. The predicted molar refractivity (Wildman–Crippen MR) is 89.8 cm³/mol. The molecule has 0 bridgehead atoms. The molecule has 1 fully saturated rings. The van der Waals surface area contributed by atoms with E-state index in [0.29, 0.717) is 6.04 Å². The van der Waals surface area contributed by atoms with E-state index >= 15 is 0 Å². The highest BCUT2D eigenvalue weighted by molar-refractivity contribution is 5.86. The summed E-state index contributed by atoms with van der Waals surface area (Å²) in [4.78, 5) is 8.75. The molecule has 1 N–H and O–H groups in total. The molecule has 3 heteroatoms. The smallest absolute Gasteiger partial charge is 0.0488 e. The number of fused-ring (bicyclic) bond motifs is 1. The number of aromatic nitrogens is 1. The van der Waals surface area contributed by atoms with Crippen molar-refractivity contribution in [2.75, 3.05) is 26.7 Å². The number of para-hydroxylation sites is 1. The first kappa shape index (κ1) is 14.6. The van der Waals surface area contributed by atoms with Crippen molar-refractivity contribution in [3.8, 4) is 0 Å². The summed E-state index contributed by atoms with van der Waals surface area (Å²) in [5, 5.41) is 1.38. The van der Waals surface area contributed by atoms with Gasteiger partial charge < -0.3 is 9.88 Å². The Kier molecular flexibility index (Phi) is 4.05. The third kappa shape index (κ3) is 2.85. The van der Waals surface area contributed by atoms with E-state index in [-0.39, 0.29) is 0 Å². The molecule has 0 spiro atoms. The lowest BCUT2D eigenvalue weighted by Gasteiger charge is -2.27. The summed E-state index contributed by atoms with van der Waals surface area (Å²) in [5.41, 5.74) is 5.45. The van der Waals surface area contributed by atoms with E-state index in [0.717, 1.165) is 13.1 Å². The van der Waals surface area contributed by atoms with Crippen LogP contribution < -0.4 is 0 Å². The molecular weight excluding hydrogens is 258 g/mol. The van der Waals surface area contributed by atoms with Crippen LogP contribution in [0, 0.1) is 13.8 Å². The third-order valence-corrected chi connectivity index (χ3v) is 4.95. The highest BCUT2D eigenvalue weighted by Gasteiger charge is 2.21. The second kappa shape index (κ2) is 5.82. The second-order valence-electron chi connectivity index (χ2n) is 6.66. The van der Waals surface area contributed by atoms with E-state index in [1.807, 2.05) is 0 Å². The number of aromatic amines is 1. The average molecular weight is 285 g/mol. The van der Waals surface area contributed by atoms with Crippen molar-refractivity contribution in [3.63, 3.8) is 0 Å². The molecule has 21 heavy (non-hydrogen) atoms. The largest absolute Gasteiger partial charge is 0.357 e. The van der Waals surface area contributed by atoms with E-state index in [2.05, 4.69) is 60.8 Å². The standard InChI is InChI=1S/C18H27N3/c1-13-7-5-8-16-15(3)17(19-18(13)16)12-21-10-6-9-20(4)11-14(21)2/h5,7-8,14,19H,6,9-12H2,1-4H3/t14-/m1/s1. The van der Waals surface area contributed by atoms with Crippen LogP contribution in [0.5, 0.6) is 0 Å². The van der Waals surface area contributed by atoms with Gasteiger partial charge in [0.15, 0.2) is 0 Å². The van der Waals surface area contributed by atoms with Crippen LogP contribution in [0.2, 0.25) is 0 Å². The Bertz CT molecular complexity index is 629. The maximum Gasteiger partial charge on any atom is 0.0488 e. The topological polar surface area (TPSA) is 22.3 Å². The molecule has 2 heterocycles. The zero-order chi connectivity index (χ0) is 15.0. The number of H-pyrrole nitrogens is 1. The summed E-state index contributed by atoms with van der Waals surface area (Å²) in [5.74, 6) is 0. The molecule has 3 rings (SSSR count). The van der Waals surface area contributed by atoms with Gasteiger partial charge in [-0.3, -0.25) is 4.90 Å². The van der Waals surface area contributed by atoms with Gasteiger partial charge in [-0.15, -0.1) is 0 Å². The molecule has 2 aromatic rings. The average Bonchev–Trinajstić information content (AvgIpc) is 2.67. The van der Waals surface area contributed by atoms with Crippen molar-refractivity contribution in [3.05, 3.63) is 35.0 Å². The monoisotopic (exact) mass is 285 g/mol. The number of likely N-dealkylation sites (N-methyl/N-ethyl adjacent to an activating group) is 1. The van der Waals surface area contributed by atoms with Crippen molar-refractivity contribution in [1.82, 2.24) is 14.8 Å². The van der Waals surface area contributed by atoms with Crippen LogP contribution in [0.3, 0.4) is 0 Å². The summed E-state index contributed by atoms with van der Waals surface area (Å²) >= 11 is 0. The van der Waals surface area contributed by atoms with Gasteiger partial charge in [0, 0.05) is 42.3 Å². The van der Waals surface area contributed by atoms with Gasteiger partial charge in [-0.2, -0.15) is 0 Å². The van der Waals surface area contributed by atoms with Crippen LogP contribution in [-0.2, 0) is 6.54 Å². The van der Waals surface area contributed by atoms with Gasteiger partial charge in [0.2, 0.25) is 0 Å². The predicted octanol–water partition coefficient (Wildman–Crippen LogP) is 3.31. The van der Waals surface area contributed by atoms with Crippen LogP contribution in [0.15, 0.2) is 18.2 Å². The minimum absolute atomic E-state index is 0.615. The maximum atomic E-state index is 3.68. The quantitative estimate of drug-likeness (QED) is 0.914. The Morgan fingerprint density at radius 1 is 1.24 bits per heavy atom. The molecular formula is C18H27N3. The van der Waals surface area contributed by atoms with E-state index in [1.54, 1.807) is 0 Å². The van der Waals surface area contributed by atoms with E-state index < -0.39 is 0 Å². The van der Waals surface area contributed by atoms with Gasteiger partial charge >= 0.3 is 0 Å². The number of rotatable bonds is 2. The maximum absolute atomic E-state index is 3.68. The Morgan fingerprint density at radius 2 is 2.05 bits per heavy atom. The Labute approximate surface area is 127 Å². The van der Waals surface area contributed by atoms with Crippen molar-refractivity contribution in [2.45, 2.75) is 39.8 Å². The molecule has 1 aromatic carbocycles. The summed E-state index contributed by atoms with van der Waals surface area (Å²) in [6.07, 6.45) is 1.26. The van der Waals surface area contributed by atoms with Crippen LogP contribution in [0.4, 0.5) is 0 Å². The van der Waals surface area contributed by atoms with Gasteiger partial charge in [0.05, 0.1) is 0 Å². The fourth-order valence-corrected chi connectivity index (χ4v) is 3.57. The zero-order valence-electron chi connectivity index (χ0n) is 13.7. The number of hydrogen-bond donors (Lipinski definition) is 1. The molecule has 1 saturated heterocycles. The number of benzene rings is 1. The second-order valence-corrected chi connectivity index (χ2v) is 6.66. The molecule has 0 saturated carbocycles. The first-order chi connectivity index (χ1) is 10.1. The van der Waals surface area contributed by atoms with E-state index in [4.69, 9.17) is 0 Å².